The van der Waals surface area contributed by atoms with E-state index in [0.29, 0.717) is 0 Å². The molecule has 0 aliphatic carbocycles. The zero-order valence-electron chi connectivity index (χ0n) is 10.6. The fourth-order valence-corrected chi connectivity index (χ4v) is 2.07. The molecule has 1 aromatic carbocycles. The molecular weight excluding hydrogens is 324 g/mol. The molecule has 0 radical (unpaired) electrons. The molecule has 1 rings (SSSR count). The topological polar surface area (TPSA) is 35.4 Å². The number of rotatable bonds is 2. The lowest BCUT2D eigenvalue weighted by molar-refractivity contribution is 0.561. The predicted octanol–water partition coefficient (Wildman–Crippen LogP) is 4.00. The van der Waals surface area contributed by atoms with Gasteiger partial charge < -0.3 is 4.55 Å². The maximum atomic E-state index is 13.6. The van der Waals surface area contributed by atoms with Crippen molar-refractivity contribution in [2.24, 2.45) is 4.40 Å². The quantitative estimate of drug-likeness (QED) is 0.456. The molecule has 6 heteroatoms. The van der Waals surface area contributed by atoms with Crippen LogP contribution in [0.4, 0.5) is 8.78 Å². The van der Waals surface area contributed by atoms with Crippen LogP contribution in [0.1, 0.15) is 33.3 Å². The lowest BCUT2D eigenvalue weighted by Crippen LogP contribution is -2.26. The molecule has 0 heterocycles. The number of hydrogen-bond acceptors (Lipinski definition) is 2. The average molecular weight is 338 g/mol. The first-order valence-electron chi connectivity index (χ1n) is 5.25. The van der Waals surface area contributed by atoms with Crippen LogP contribution in [-0.2, 0) is 11.4 Å². The molecule has 18 heavy (non-hydrogen) atoms. The summed E-state index contributed by atoms with van der Waals surface area (Å²) in [5.41, 5.74) is 0.419. The SMILES string of the molecule is CC(=N[S@+]([O-])C(C)(C)C)c1cc(Br)c(F)cc1F. The molecule has 2 nitrogen and oxygen atoms in total. The van der Waals surface area contributed by atoms with Gasteiger partial charge in [0.15, 0.2) is 0 Å². The van der Waals surface area contributed by atoms with Crippen LogP contribution in [0.2, 0.25) is 0 Å². The summed E-state index contributed by atoms with van der Waals surface area (Å²) in [6.45, 7) is 6.87. The van der Waals surface area contributed by atoms with Gasteiger partial charge >= 0.3 is 0 Å². The van der Waals surface area contributed by atoms with E-state index in [-0.39, 0.29) is 15.7 Å². The zero-order valence-corrected chi connectivity index (χ0v) is 13.0. The van der Waals surface area contributed by atoms with E-state index in [1.165, 1.54) is 6.07 Å². The van der Waals surface area contributed by atoms with Crippen molar-refractivity contribution < 1.29 is 13.3 Å². The van der Waals surface area contributed by atoms with E-state index in [0.717, 1.165) is 6.07 Å². The van der Waals surface area contributed by atoms with E-state index in [1.807, 2.05) is 0 Å². The fourth-order valence-electron chi connectivity index (χ4n) is 1.11. The van der Waals surface area contributed by atoms with Crippen molar-refractivity contribution in [2.75, 3.05) is 0 Å². The summed E-state index contributed by atoms with van der Waals surface area (Å²) < 4.78 is 42.1. The van der Waals surface area contributed by atoms with Gasteiger partial charge in [-0.2, -0.15) is 0 Å². The molecule has 0 bridgehead atoms. The molecule has 0 saturated heterocycles. The Morgan fingerprint density at radius 1 is 1.28 bits per heavy atom. The van der Waals surface area contributed by atoms with E-state index >= 15 is 0 Å². The molecule has 0 aromatic heterocycles. The lowest BCUT2D eigenvalue weighted by Gasteiger charge is -2.18. The van der Waals surface area contributed by atoms with Gasteiger partial charge in [-0.25, -0.2) is 8.78 Å². The number of halogens is 3. The van der Waals surface area contributed by atoms with Crippen LogP contribution >= 0.6 is 15.9 Å². The Labute approximate surface area is 117 Å². The van der Waals surface area contributed by atoms with Gasteiger partial charge in [0, 0.05) is 11.6 Å². The first-order chi connectivity index (χ1) is 8.12. The van der Waals surface area contributed by atoms with Gasteiger partial charge in [-0.05, 0) is 49.7 Å². The van der Waals surface area contributed by atoms with Crippen molar-refractivity contribution in [1.82, 2.24) is 0 Å². The summed E-state index contributed by atoms with van der Waals surface area (Å²) in [7, 11) is 0. The Morgan fingerprint density at radius 2 is 1.83 bits per heavy atom. The third-order valence-electron chi connectivity index (χ3n) is 2.14. The Hall–Kier alpha value is -0.460. The molecular formula is C12H14BrF2NOS. The summed E-state index contributed by atoms with van der Waals surface area (Å²) in [5.74, 6) is -1.40. The van der Waals surface area contributed by atoms with E-state index in [4.69, 9.17) is 0 Å². The van der Waals surface area contributed by atoms with Crippen molar-refractivity contribution in [3.63, 3.8) is 0 Å². The van der Waals surface area contributed by atoms with Gasteiger partial charge in [0.25, 0.3) is 0 Å². The van der Waals surface area contributed by atoms with Crippen LogP contribution in [0.5, 0.6) is 0 Å². The van der Waals surface area contributed by atoms with Crippen LogP contribution in [0.25, 0.3) is 0 Å². The van der Waals surface area contributed by atoms with Gasteiger partial charge in [0.05, 0.1) is 10.2 Å². The van der Waals surface area contributed by atoms with Gasteiger partial charge in [-0.3, -0.25) is 0 Å². The van der Waals surface area contributed by atoms with Gasteiger partial charge in [-0.15, -0.1) is 0 Å². The number of hydrogen-bond donors (Lipinski definition) is 0. The summed E-state index contributed by atoms with van der Waals surface area (Å²) in [6, 6.07) is 2.07. The van der Waals surface area contributed by atoms with Crippen LogP contribution in [0.15, 0.2) is 21.0 Å². The third kappa shape index (κ3) is 3.76. The Balaban J connectivity index is 3.15. The third-order valence-corrected chi connectivity index (χ3v) is 4.24. The molecule has 0 saturated carbocycles. The first kappa shape index (κ1) is 15.6. The molecule has 0 aliphatic rings. The smallest absolute Gasteiger partial charge is 0.144 e. The fraction of sp³-hybridized carbons (Fsp3) is 0.417. The highest BCUT2D eigenvalue weighted by Gasteiger charge is 2.27. The standard InChI is InChI=1S/C12H14BrF2NOS/c1-7(16-18(17)12(2,3)4)8-5-9(13)11(15)6-10(8)14/h5-6H,1-4H3/t18-/m1/s1. The van der Waals surface area contributed by atoms with Crippen molar-refractivity contribution in [1.29, 1.82) is 0 Å². The minimum Gasteiger partial charge on any atom is -0.591 e. The Morgan fingerprint density at radius 3 is 2.33 bits per heavy atom. The maximum absolute atomic E-state index is 13.6. The molecule has 1 atom stereocenters. The minimum atomic E-state index is -1.48. The van der Waals surface area contributed by atoms with Crippen molar-refractivity contribution in [3.8, 4) is 0 Å². The van der Waals surface area contributed by atoms with E-state index in [9.17, 15) is 13.3 Å². The Kier molecular flexibility index (Phi) is 4.91. The minimum absolute atomic E-state index is 0.140. The summed E-state index contributed by atoms with van der Waals surface area (Å²) >= 11 is 1.51. The van der Waals surface area contributed by atoms with E-state index in [1.54, 1.807) is 27.7 Å². The Bertz CT molecular complexity index is 486. The highest BCUT2D eigenvalue weighted by Crippen LogP contribution is 2.23. The van der Waals surface area contributed by atoms with E-state index < -0.39 is 27.7 Å². The molecule has 0 N–H and O–H groups in total. The van der Waals surface area contributed by atoms with Gasteiger partial charge in [0.2, 0.25) is 0 Å². The molecule has 0 amide bonds. The van der Waals surface area contributed by atoms with Gasteiger partial charge in [-0.1, -0.05) is 4.40 Å². The molecule has 0 fully saturated rings. The highest BCUT2D eigenvalue weighted by atomic mass is 79.9. The van der Waals surface area contributed by atoms with Crippen LogP contribution in [-0.4, -0.2) is 15.0 Å². The normalized spacial score (nSPS) is 14.8. The second-order valence-corrected chi connectivity index (χ2v) is 7.54. The van der Waals surface area contributed by atoms with Crippen LogP contribution in [0, 0.1) is 11.6 Å². The number of benzene rings is 1. The predicted molar refractivity (Wildman–Crippen MR) is 74.2 cm³/mol. The summed E-state index contributed by atoms with van der Waals surface area (Å²) in [6.07, 6.45) is 0. The summed E-state index contributed by atoms with van der Waals surface area (Å²) in [4.78, 5) is 0. The monoisotopic (exact) mass is 337 g/mol. The molecule has 0 spiro atoms. The highest BCUT2D eigenvalue weighted by molar-refractivity contribution is 9.10. The summed E-state index contributed by atoms with van der Waals surface area (Å²) in [5, 5.41) is 0. The second kappa shape index (κ2) is 5.67. The van der Waals surface area contributed by atoms with Crippen molar-refractivity contribution in [2.45, 2.75) is 32.4 Å². The van der Waals surface area contributed by atoms with Crippen LogP contribution in [0.3, 0.4) is 0 Å². The maximum Gasteiger partial charge on any atom is 0.144 e. The lowest BCUT2D eigenvalue weighted by atomic mass is 10.1. The van der Waals surface area contributed by atoms with Gasteiger partial charge in [0.1, 0.15) is 27.7 Å². The van der Waals surface area contributed by atoms with E-state index in [2.05, 4.69) is 20.3 Å². The number of nitrogens with zero attached hydrogens (tertiary/aromatic N) is 1. The largest absolute Gasteiger partial charge is 0.591 e. The average Bonchev–Trinajstić information content (AvgIpc) is 2.21. The first-order valence-corrected chi connectivity index (χ1v) is 7.15. The molecule has 0 aliphatic heterocycles. The molecule has 1 aromatic rings. The van der Waals surface area contributed by atoms with Crippen molar-refractivity contribution >= 4 is 33.0 Å². The second-order valence-electron chi connectivity index (χ2n) is 4.78. The molecule has 100 valence electrons. The van der Waals surface area contributed by atoms with Crippen molar-refractivity contribution in [3.05, 3.63) is 33.8 Å². The molecule has 0 unspecified atom stereocenters. The zero-order chi connectivity index (χ0) is 14.1. The van der Waals surface area contributed by atoms with Crippen LogP contribution < -0.4 is 0 Å².